The Labute approximate surface area is 184 Å². The summed E-state index contributed by atoms with van der Waals surface area (Å²) in [4.78, 5) is 21.2. The molecule has 152 valence electrons. The van der Waals surface area contributed by atoms with Crippen LogP contribution in [-0.2, 0) is 9.53 Å². The maximum absolute atomic E-state index is 11.7. The third-order valence-electron chi connectivity index (χ3n) is 4.20. The van der Waals surface area contributed by atoms with Crippen LogP contribution >= 0.6 is 27.7 Å². The van der Waals surface area contributed by atoms with Crippen molar-refractivity contribution in [2.24, 2.45) is 4.99 Å². The number of benzene rings is 1. The van der Waals surface area contributed by atoms with Gasteiger partial charge in [0.25, 0.3) is 0 Å². The van der Waals surface area contributed by atoms with E-state index in [4.69, 9.17) is 21.5 Å². The number of nitrogens with two attached hydrogens (primary N) is 2. The molecule has 2 aromatic rings. The predicted octanol–water partition coefficient (Wildman–Crippen LogP) is 2.09. The number of fused-ring (bicyclic) bond motifs is 1. The highest BCUT2D eigenvalue weighted by Gasteiger charge is 2.31. The van der Waals surface area contributed by atoms with Gasteiger partial charge in [0, 0.05) is 14.9 Å². The Kier molecular flexibility index (Phi) is 6.30. The number of hydrogen-bond acceptors (Lipinski definition) is 11. The maximum Gasteiger partial charge on any atom is 0.315 e. The van der Waals surface area contributed by atoms with Crippen LogP contribution in [0.1, 0.15) is 22.7 Å². The monoisotopic (exact) mass is 486 g/mol. The minimum Gasteiger partial charge on any atom is -0.468 e. The number of guanidine groups is 1. The number of carbonyl (C=O) groups is 1. The van der Waals surface area contributed by atoms with Crippen molar-refractivity contribution in [1.29, 1.82) is 10.5 Å². The standard InChI is InChI=1S/C18H15BrN8O2S/c1-29-12(28)6-30-11-4-8(19)2-3-9(11)15-13-14(22)10(5-20)16(23)26-17(13)27-18(25-15)24-7-21/h2-4,15H,6H2,1H3,(H6,22,23,24,25,26,27). The summed E-state index contributed by atoms with van der Waals surface area (Å²) in [6.07, 6.45) is 1.80. The van der Waals surface area contributed by atoms with Gasteiger partial charge in [-0.15, -0.1) is 11.8 Å². The van der Waals surface area contributed by atoms with Gasteiger partial charge in [0.05, 0.1) is 18.6 Å². The second kappa shape index (κ2) is 8.90. The average Bonchev–Trinajstić information content (AvgIpc) is 2.71. The molecule has 1 unspecified atom stereocenters. The maximum atomic E-state index is 11.7. The highest BCUT2D eigenvalue weighted by Crippen LogP contribution is 2.43. The normalized spacial score (nSPS) is 14.4. The molecule has 30 heavy (non-hydrogen) atoms. The summed E-state index contributed by atoms with van der Waals surface area (Å²) in [5.41, 5.74) is 13.5. The zero-order valence-corrected chi connectivity index (χ0v) is 18.0. The van der Waals surface area contributed by atoms with Crippen LogP contribution in [0.15, 0.2) is 32.6 Å². The SMILES string of the molecule is COC(=O)CSc1cc(Br)ccc1C1N=C(NC#N)Nc2nc(N)c(C#N)c(N)c21. The number of thioether (sulfide) groups is 1. The van der Waals surface area contributed by atoms with E-state index in [0.29, 0.717) is 11.1 Å². The predicted molar refractivity (Wildman–Crippen MR) is 116 cm³/mol. The molecular weight excluding hydrogens is 472 g/mol. The number of nitriles is 2. The lowest BCUT2D eigenvalue weighted by Gasteiger charge is -2.27. The number of anilines is 3. The second-order valence-corrected chi connectivity index (χ2v) is 7.88. The van der Waals surface area contributed by atoms with Gasteiger partial charge >= 0.3 is 5.97 Å². The lowest BCUT2D eigenvalue weighted by Crippen LogP contribution is -2.33. The fourth-order valence-electron chi connectivity index (χ4n) is 2.86. The number of pyridine rings is 1. The summed E-state index contributed by atoms with van der Waals surface area (Å²) in [5.74, 6) is 0.109. The van der Waals surface area contributed by atoms with E-state index in [1.54, 1.807) is 6.19 Å². The smallest absolute Gasteiger partial charge is 0.315 e. The van der Waals surface area contributed by atoms with Crippen molar-refractivity contribution in [2.75, 3.05) is 29.6 Å². The molecule has 0 amide bonds. The molecule has 0 spiro atoms. The van der Waals surface area contributed by atoms with Crippen LogP contribution in [-0.4, -0.2) is 29.8 Å². The first kappa shape index (κ1) is 21.2. The van der Waals surface area contributed by atoms with Gasteiger partial charge < -0.3 is 21.5 Å². The molecule has 1 aliphatic rings. The fourth-order valence-corrected chi connectivity index (χ4v) is 4.32. The van der Waals surface area contributed by atoms with Crippen LogP contribution < -0.4 is 22.1 Å². The largest absolute Gasteiger partial charge is 0.468 e. The van der Waals surface area contributed by atoms with Crippen LogP contribution in [0.2, 0.25) is 0 Å². The van der Waals surface area contributed by atoms with E-state index in [9.17, 15) is 10.1 Å². The first-order valence-corrected chi connectivity index (χ1v) is 10.1. The number of methoxy groups -OCH3 is 1. The number of hydrogen-bond donors (Lipinski definition) is 4. The molecule has 2 heterocycles. The summed E-state index contributed by atoms with van der Waals surface area (Å²) >= 11 is 4.70. The molecule has 3 rings (SSSR count). The van der Waals surface area contributed by atoms with Crippen molar-refractivity contribution < 1.29 is 9.53 Å². The van der Waals surface area contributed by atoms with Crippen molar-refractivity contribution in [3.63, 3.8) is 0 Å². The third kappa shape index (κ3) is 4.10. The molecular formula is C18H15BrN8O2S. The minimum atomic E-state index is -0.703. The van der Waals surface area contributed by atoms with Crippen LogP contribution in [0.5, 0.6) is 0 Å². The summed E-state index contributed by atoms with van der Waals surface area (Å²) in [7, 11) is 1.32. The number of nitrogens with zero attached hydrogens (tertiary/aromatic N) is 4. The van der Waals surface area contributed by atoms with E-state index < -0.39 is 6.04 Å². The van der Waals surface area contributed by atoms with Crippen molar-refractivity contribution in [3.05, 3.63) is 39.4 Å². The Hall–Kier alpha value is -3.48. The third-order valence-corrected chi connectivity index (χ3v) is 5.74. The summed E-state index contributed by atoms with van der Waals surface area (Å²) in [6, 6.07) is 6.73. The summed E-state index contributed by atoms with van der Waals surface area (Å²) < 4.78 is 5.52. The van der Waals surface area contributed by atoms with E-state index >= 15 is 0 Å². The van der Waals surface area contributed by atoms with Crippen molar-refractivity contribution in [2.45, 2.75) is 10.9 Å². The van der Waals surface area contributed by atoms with E-state index in [1.165, 1.54) is 18.9 Å². The van der Waals surface area contributed by atoms with Gasteiger partial charge in [0.2, 0.25) is 5.96 Å². The van der Waals surface area contributed by atoms with Crippen LogP contribution in [0.25, 0.3) is 0 Å². The Morgan fingerprint density at radius 3 is 2.87 bits per heavy atom. The first-order chi connectivity index (χ1) is 14.4. The molecule has 6 N–H and O–H groups in total. The van der Waals surface area contributed by atoms with Crippen molar-refractivity contribution >= 4 is 56.9 Å². The van der Waals surface area contributed by atoms with Gasteiger partial charge in [-0.1, -0.05) is 22.0 Å². The Bertz CT molecular complexity index is 1140. The molecule has 1 atom stereocenters. The molecule has 0 saturated carbocycles. The number of halogens is 1. The molecule has 1 aliphatic heterocycles. The summed E-state index contributed by atoms with van der Waals surface area (Å²) in [6.45, 7) is 0. The van der Waals surface area contributed by atoms with Crippen molar-refractivity contribution in [1.82, 2.24) is 10.3 Å². The van der Waals surface area contributed by atoms with E-state index in [-0.39, 0.29) is 40.6 Å². The minimum absolute atomic E-state index is 0.0331. The van der Waals surface area contributed by atoms with E-state index in [1.807, 2.05) is 24.3 Å². The lowest BCUT2D eigenvalue weighted by molar-refractivity contribution is -0.137. The number of aromatic nitrogens is 1. The van der Waals surface area contributed by atoms with Gasteiger partial charge in [0.15, 0.2) is 6.19 Å². The average molecular weight is 487 g/mol. The van der Waals surface area contributed by atoms with Gasteiger partial charge in [-0.2, -0.15) is 10.5 Å². The number of esters is 1. The molecule has 0 bridgehead atoms. The molecule has 1 aromatic carbocycles. The van der Waals surface area contributed by atoms with E-state index in [0.717, 1.165) is 9.37 Å². The molecule has 0 saturated heterocycles. The Morgan fingerprint density at radius 2 is 2.20 bits per heavy atom. The fraction of sp³-hybridized carbons (Fsp3) is 0.167. The quantitative estimate of drug-likeness (QED) is 0.216. The zero-order chi connectivity index (χ0) is 21.8. The number of rotatable bonds is 4. The lowest BCUT2D eigenvalue weighted by atomic mass is 9.95. The number of nitrogens with one attached hydrogen (secondary N) is 2. The molecule has 0 radical (unpaired) electrons. The highest BCUT2D eigenvalue weighted by molar-refractivity contribution is 9.10. The van der Waals surface area contributed by atoms with Gasteiger partial charge in [-0.3, -0.25) is 10.1 Å². The Balaban J connectivity index is 2.19. The molecule has 12 heteroatoms. The number of carbonyl (C=O) groups excluding carboxylic acids is 1. The molecule has 10 nitrogen and oxygen atoms in total. The number of aliphatic imine (C=N–C) groups is 1. The van der Waals surface area contributed by atoms with Crippen LogP contribution in [0.3, 0.4) is 0 Å². The molecule has 0 fully saturated rings. The summed E-state index contributed by atoms with van der Waals surface area (Å²) in [5, 5.41) is 23.8. The zero-order valence-electron chi connectivity index (χ0n) is 15.6. The topological polar surface area (TPSA) is 175 Å². The van der Waals surface area contributed by atoms with Gasteiger partial charge in [-0.05, 0) is 17.7 Å². The second-order valence-electron chi connectivity index (χ2n) is 5.95. The number of ether oxygens (including phenoxy) is 1. The van der Waals surface area contributed by atoms with Gasteiger partial charge in [-0.25, -0.2) is 9.98 Å². The van der Waals surface area contributed by atoms with Gasteiger partial charge in [0.1, 0.15) is 29.3 Å². The highest BCUT2D eigenvalue weighted by atomic mass is 79.9. The number of nitrogen functional groups attached to an aromatic ring is 2. The van der Waals surface area contributed by atoms with Crippen LogP contribution in [0.4, 0.5) is 17.3 Å². The first-order valence-electron chi connectivity index (χ1n) is 8.37. The Morgan fingerprint density at radius 1 is 1.43 bits per heavy atom. The van der Waals surface area contributed by atoms with Crippen LogP contribution in [0, 0.1) is 22.8 Å². The van der Waals surface area contributed by atoms with Crippen molar-refractivity contribution in [3.8, 4) is 12.3 Å². The van der Waals surface area contributed by atoms with E-state index in [2.05, 4.69) is 36.5 Å². The molecule has 1 aromatic heterocycles. The molecule has 0 aliphatic carbocycles.